The van der Waals surface area contributed by atoms with E-state index in [2.05, 4.69) is 49.1 Å². The average molecular weight is 372 g/mol. The molecule has 0 amide bonds. The van der Waals surface area contributed by atoms with Gasteiger partial charge in [-0.2, -0.15) is 10.5 Å². The van der Waals surface area contributed by atoms with Crippen molar-refractivity contribution in [2.75, 3.05) is 13.4 Å². The maximum absolute atomic E-state index is 9.77. The van der Waals surface area contributed by atoms with Crippen LogP contribution < -0.4 is 4.74 Å². The summed E-state index contributed by atoms with van der Waals surface area (Å²) in [5.41, 5.74) is 4.21. The molecule has 0 fully saturated rings. The van der Waals surface area contributed by atoms with Crippen molar-refractivity contribution >= 4 is 16.4 Å². The third-order valence-electron chi connectivity index (χ3n) is 5.44. The third kappa shape index (κ3) is 3.81. The Bertz CT molecular complexity index is 829. The van der Waals surface area contributed by atoms with Crippen LogP contribution in [-0.4, -0.2) is 34.8 Å². The Balaban J connectivity index is 1.71. The molecule has 0 saturated heterocycles. The Labute approximate surface area is 159 Å². The number of hydrogen-bond donors (Lipinski definition) is 1. The van der Waals surface area contributed by atoms with Crippen molar-refractivity contribution in [3.8, 4) is 11.5 Å². The number of fused-ring (bicyclic) bond motifs is 1. The molecule has 140 valence electrons. The van der Waals surface area contributed by atoms with Crippen LogP contribution in [0.2, 0.25) is 0 Å². The Morgan fingerprint density at radius 3 is 2.69 bits per heavy atom. The Morgan fingerprint density at radius 1 is 1.23 bits per heavy atom. The molecule has 3 nitrogen and oxygen atoms in total. The molecule has 1 N–H and O–H groups in total. The molecule has 1 unspecified atom stereocenters. The summed E-state index contributed by atoms with van der Waals surface area (Å²) in [6.45, 7) is 6.66. The van der Waals surface area contributed by atoms with Gasteiger partial charge in [0.2, 0.25) is 0 Å². The van der Waals surface area contributed by atoms with Crippen molar-refractivity contribution in [2.24, 2.45) is 0 Å². The maximum atomic E-state index is 9.77. The third-order valence-corrected chi connectivity index (χ3v) is 6.57. The van der Waals surface area contributed by atoms with Crippen LogP contribution in [0.3, 0.4) is 0 Å². The highest BCUT2D eigenvalue weighted by Gasteiger charge is 2.32. The van der Waals surface area contributed by atoms with E-state index >= 15 is 0 Å². The van der Waals surface area contributed by atoms with Crippen LogP contribution in [0.1, 0.15) is 37.0 Å². The summed E-state index contributed by atoms with van der Waals surface area (Å²) in [7, 11) is 1.63. The lowest BCUT2D eigenvalue weighted by Gasteiger charge is -2.35. The number of phenols is 1. The second kappa shape index (κ2) is 7.45. The molecule has 1 aliphatic heterocycles. The van der Waals surface area contributed by atoms with E-state index in [1.165, 1.54) is 21.6 Å². The molecular weight excluding hydrogens is 342 g/mol. The molecule has 0 aliphatic carbocycles. The van der Waals surface area contributed by atoms with Crippen LogP contribution in [0.15, 0.2) is 41.3 Å². The first-order valence-corrected chi connectivity index (χ1v) is 10.8. The number of rotatable bonds is 6. The predicted octanol–water partition coefficient (Wildman–Crippen LogP) is 4.82. The van der Waals surface area contributed by atoms with Crippen molar-refractivity contribution in [3.63, 3.8) is 0 Å². The number of benzene rings is 2. The number of aromatic hydroxyl groups is 1. The fraction of sp³-hybridized carbons (Fsp3) is 0.409. The number of nitrogens with zero attached hydrogens (tertiary/aromatic N) is 1. The molecule has 1 aliphatic rings. The average Bonchev–Trinajstić information content (AvgIpc) is 3.06. The second-order valence-electron chi connectivity index (χ2n) is 7.71. The monoisotopic (exact) mass is 371 g/mol. The highest BCUT2D eigenvalue weighted by molar-refractivity contribution is 8.13. The van der Waals surface area contributed by atoms with Gasteiger partial charge in [0, 0.05) is 23.5 Å². The van der Waals surface area contributed by atoms with Gasteiger partial charge in [-0.15, -0.1) is 0 Å². The minimum Gasteiger partial charge on any atom is -0.504 e. The molecule has 0 aromatic heterocycles. The number of hydrogen-bond acceptors (Lipinski definition) is 3. The van der Waals surface area contributed by atoms with Crippen molar-refractivity contribution in [1.82, 2.24) is 4.90 Å². The van der Waals surface area contributed by atoms with Crippen molar-refractivity contribution in [1.29, 1.82) is 0 Å². The first-order valence-electron chi connectivity index (χ1n) is 8.99. The smallest absolute Gasteiger partial charge is 0.160 e. The minimum absolute atomic E-state index is 0.0439. The van der Waals surface area contributed by atoms with Crippen molar-refractivity contribution < 1.29 is 9.84 Å². The topological polar surface area (TPSA) is 32.7 Å². The predicted molar refractivity (Wildman–Crippen MR) is 112 cm³/mol. The first kappa shape index (κ1) is 19.0. The zero-order valence-corrected chi connectivity index (χ0v) is 17.0. The minimum atomic E-state index is 0.0439. The molecule has 0 bridgehead atoms. The summed E-state index contributed by atoms with van der Waals surface area (Å²) in [6.07, 6.45) is 4.20. The number of ether oxygens (including phenoxy) is 1. The highest BCUT2D eigenvalue weighted by Crippen LogP contribution is 2.38. The number of aryl methyl sites for hydroxylation is 1. The van der Waals surface area contributed by atoms with Crippen LogP contribution in [0.25, 0.3) is 0 Å². The summed E-state index contributed by atoms with van der Waals surface area (Å²) in [6, 6.07) is 12.3. The summed E-state index contributed by atoms with van der Waals surface area (Å²) < 4.78 is 5.23. The van der Waals surface area contributed by atoms with Gasteiger partial charge in [-0.1, -0.05) is 24.1 Å². The van der Waals surface area contributed by atoms with E-state index in [0.717, 1.165) is 25.9 Å². The Kier molecular flexibility index (Phi) is 5.44. The van der Waals surface area contributed by atoms with E-state index in [1.54, 1.807) is 13.2 Å². The zero-order chi connectivity index (χ0) is 18.9. The van der Waals surface area contributed by atoms with Gasteiger partial charge in [-0.3, -0.25) is 4.90 Å². The largest absolute Gasteiger partial charge is 0.504 e. The van der Waals surface area contributed by atoms with E-state index in [-0.39, 0.29) is 21.8 Å². The molecule has 1 atom stereocenters. The van der Waals surface area contributed by atoms with Gasteiger partial charge in [0.15, 0.2) is 11.5 Å². The van der Waals surface area contributed by atoms with Crippen LogP contribution >= 0.6 is 10.5 Å². The zero-order valence-electron chi connectivity index (χ0n) is 16.2. The van der Waals surface area contributed by atoms with Gasteiger partial charge in [-0.05, 0) is 67.8 Å². The second-order valence-corrected chi connectivity index (χ2v) is 9.42. The highest BCUT2D eigenvalue weighted by atomic mass is 32.2. The maximum Gasteiger partial charge on any atom is 0.160 e. The van der Waals surface area contributed by atoms with Crippen LogP contribution in [0.4, 0.5) is 0 Å². The lowest BCUT2D eigenvalue weighted by Crippen LogP contribution is -2.40. The summed E-state index contributed by atoms with van der Waals surface area (Å²) in [4.78, 5) is 3.98. The van der Waals surface area contributed by atoms with E-state index in [9.17, 15) is 5.11 Å². The lowest BCUT2D eigenvalue weighted by atomic mass is 9.93. The summed E-state index contributed by atoms with van der Waals surface area (Å²) >= 11 is 0. The molecule has 4 heteroatoms. The fourth-order valence-electron chi connectivity index (χ4n) is 3.63. The van der Waals surface area contributed by atoms with Gasteiger partial charge >= 0.3 is 0 Å². The van der Waals surface area contributed by atoms with E-state index in [4.69, 9.17) is 4.74 Å². The Hall–Kier alpha value is -1.78. The van der Waals surface area contributed by atoms with Gasteiger partial charge in [0.05, 0.1) is 7.11 Å². The quantitative estimate of drug-likeness (QED) is 0.739. The molecule has 0 saturated carbocycles. The van der Waals surface area contributed by atoms with Crippen LogP contribution in [0.5, 0.6) is 11.5 Å². The molecular formula is C22H29NO2S. The fourth-order valence-corrected chi connectivity index (χ4v) is 4.56. The molecule has 26 heavy (non-hydrogen) atoms. The molecule has 2 aromatic rings. The van der Waals surface area contributed by atoms with E-state index < -0.39 is 0 Å². The van der Waals surface area contributed by atoms with E-state index in [0.29, 0.717) is 5.75 Å². The standard InChI is InChI=1S/C22H29NO2S/c1-22(2,12-11-16-9-10-19(24)20(13-16)25-3)23-14-17-7-6-8-21(26(4)5)18(17)15-23/h6-10,13,24H,4,11-12,14-15H2,1-3,5H3. The first-order chi connectivity index (χ1) is 12.3. The number of methoxy groups -OCH3 is 1. The van der Waals surface area contributed by atoms with Gasteiger partial charge < -0.3 is 9.84 Å². The SMILES string of the molecule is C=S(C)c1cccc2c1CN(C(C)(C)CCc1ccc(O)c(OC)c1)C2. The van der Waals surface area contributed by atoms with Crippen molar-refractivity contribution in [3.05, 3.63) is 53.1 Å². The van der Waals surface area contributed by atoms with Crippen LogP contribution in [0, 0.1) is 0 Å². The van der Waals surface area contributed by atoms with Gasteiger partial charge in [0.1, 0.15) is 0 Å². The van der Waals surface area contributed by atoms with E-state index in [1.807, 2.05) is 12.1 Å². The molecule has 0 radical (unpaired) electrons. The van der Waals surface area contributed by atoms with Crippen molar-refractivity contribution in [2.45, 2.75) is 50.2 Å². The van der Waals surface area contributed by atoms with Gasteiger partial charge in [-0.25, -0.2) is 0 Å². The molecule has 2 aromatic carbocycles. The van der Waals surface area contributed by atoms with Crippen LogP contribution in [-0.2, 0) is 19.5 Å². The number of phenolic OH excluding ortho intramolecular Hbond substituents is 1. The Morgan fingerprint density at radius 2 is 2.00 bits per heavy atom. The summed E-state index contributed by atoms with van der Waals surface area (Å²) in [5, 5.41) is 9.77. The summed E-state index contributed by atoms with van der Waals surface area (Å²) in [5.74, 6) is 4.99. The van der Waals surface area contributed by atoms with Gasteiger partial charge in [0.25, 0.3) is 0 Å². The normalized spacial score (nSPS) is 15.7. The lowest BCUT2D eigenvalue weighted by molar-refractivity contribution is 0.109. The molecule has 3 rings (SSSR count). The molecule has 1 heterocycles. The molecule has 0 spiro atoms.